The van der Waals surface area contributed by atoms with E-state index >= 15 is 0 Å². The molecule has 0 unspecified atom stereocenters. The SMILES string of the molecule is CCCCCCCCCCCCCCCCCCP(=O)([O-])[O-].[CH2-]CCCCCCCCCCCCCCCCC.[Nd+3]. The Hall–Kier alpha value is 1.50. The molecule has 0 aromatic carbocycles. The fourth-order valence-electron chi connectivity index (χ4n) is 5.40. The molecule has 245 valence electrons. The second-order valence-corrected chi connectivity index (χ2v) is 14.1. The van der Waals surface area contributed by atoms with Crippen LogP contribution in [0.4, 0.5) is 0 Å². The van der Waals surface area contributed by atoms with Gasteiger partial charge in [-0.2, -0.15) is 6.42 Å². The molecule has 0 aliphatic rings. The Labute approximate surface area is 293 Å². The van der Waals surface area contributed by atoms with E-state index in [1.807, 2.05) is 0 Å². The van der Waals surface area contributed by atoms with Crippen molar-refractivity contribution in [3.8, 4) is 0 Å². The Balaban J connectivity index is -0.000000701. The van der Waals surface area contributed by atoms with Crippen molar-refractivity contribution in [3.05, 3.63) is 6.92 Å². The van der Waals surface area contributed by atoms with Gasteiger partial charge >= 0.3 is 40.8 Å². The summed E-state index contributed by atoms with van der Waals surface area (Å²) in [5.74, 6) is 0. The molecule has 0 saturated carbocycles. The van der Waals surface area contributed by atoms with E-state index in [1.54, 1.807) is 0 Å². The molecular formula is C36H74NdO3P. The summed E-state index contributed by atoms with van der Waals surface area (Å²) < 4.78 is 10.5. The molecule has 0 aromatic rings. The van der Waals surface area contributed by atoms with Gasteiger partial charge in [0.2, 0.25) is 0 Å². The second-order valence-electron chi connectivity index (χ2n) is 12.4. The van der Waals surface area contributed by atoms with E-state index < -0.39 is 7.60 Å². The largest absolute Gasteiger partial charge is 3.00 e. The fraction of sp³-hybridized carbons (Fsp3) is 0.972. The first-order valence-electron chi connectivity index (χ1n) is 18.3. The molecule has 0 heterocycles. The van der Waals surface area contributed by atoms with Gasteiger partial charge < -0.3 is 21.3 Å². The normalized spacial score (nSPS) is 11.2. The van der Waals surface area contributed by atoms with Gasteiger partial charge in [-0.15, -0.1) is 0 Å². The van der Waals surface area contributed by atoms with Gasteiger partial charge in [0.1, 0.15) is 0 Å². The molecule has 41 heavy (non-hydrogen) atoms. The summed E-state index contributed by atoms with van der Waals surface area (Å²) in [5.41, 5.74) is 0. The van der Waals surface area contributed by atoms with Gasteiger partial charge in [0.25, 0.3) is 0 Å². The van der Waals surface area contributed by atoms with Crippen LogP contribution in [0.25, 0.3) is 0 Å². The first kappa shape index (κ1) is 46.9. The van der Waals surface area contributed by atoms with Crippen LogP contribution in [0.3, 0.4) is 0 Å². The van der Waals surface area contributed by atoms with E-state index in [0.717, 1.165) is 19.3 Å². The minimum absolute atomic E-state index is 0. The van der Waals surface area contributed by atoms with Crippen molar-refractivity contribution in [2.45, 2.75) is 219 Å². The molecule has 0 spiro atoms. The van der Waals surface area contributed by atoms with Crippen LogP contribution >= 0.6 is 7.60 Å². The van der Waals surface area contributed by atoms with Crippen molar-refractivity contribution < 1.29 is 55.2 Å². The van der Waals surface area contributed by atoms with Gasteiger partial charge in [0.15, 0.2) is 0 Å². The smallest absolute Gasteiger partial charge is 0.811 e. The predicted molar refractivity (Wildman–Crippen MR) is 177 cm³/mol. The summed E-state index contributed by atoms with van der Waals surface area (Å²) in [6.45, 7) is 8.44. The Bertz CT molecular complexity index is 467. The molecule has 3 nitrogen and oxygen atoms in total. The summed E-state index contributed by atoms with van der Waals surface area (Å²) in [6, 6.07) is 0. The first-order valence-corrected chi connectivity index (χ1v) is 20.0. The molecule has 0 fully saturated rings. The van der Waals surface area contributed by atoms with Crippen molar-refractivity contribution in [2.24, 2.45) is 0 Å². The van der Waals surface area contributed by atoms with Crippen molar-refractivity contribution in [2.75, 3.05) is 6.16 Å². The third kappa shape index (κ3) is 51.4. The van der Waals surface area contributed by atoms with Gasteiger partial charge in [0, 0.05) is 0 Å². The third-order valence-corrected chi connectivity index (χ3v) is 9.00. The van der Waals surface area contributed by atoms with Gasteiger partial charge in [0.05, 0.1) is 0 Å². The van der Waals surface area contributed by atoms with Crippen molar-refractivity contribution in [1.82, 2.24) is 0 Å². The molecule has 0 aliphatic carbocycles. The van der Waals surface area contributed by atoms with Gasteiger partial charge in [-0.1, -0.05) is 214 Å². The van der Waals surface area contributed by atoms with E-state index in [0.29, 0.717) is 6.42 Å². The van der Waals surface area contributed by atoms with Crippen LogP contribution in [0.2, 0.25) is 0 Å². The Morgan fingerprint density at radius 2 is 0.585 bits per heavy atom. The standard InChI is InChI=1S/C18H39O3P.C18H37.Nd/c1-2-3-4-5-6-7-8-9-10-11-12-13-14-15-16-17-18-22(19,20)21;1-3-5-7-9-11-13-15-17-18-16-14-12-10-8-6-4-2;/h2-18H2,1H3,(H2,19,20,21);1,3-18H2,2H3;/q;-1;+3/p-2. The van der Waals surface area contributed by atoms with Crippen LogP contribution in [0.15, 0.2) is 0 Å². The Morgan fingerprint density at radius 3 is 0.780 bits per heavy atom. The van der Waals surface area contributed by atoms with E-state index in [-0.39, 0.29) is 47.0 Å². The maximum Gasteiger partial charge on any atom is 3.00 e. The quantitative estimate of drug-likeness (QED) is 0.0393. The van der Waals surface area contributed by atoms with E-state index in [2.05, 4.69) is 20.8 Å². The van der Waals surface area contributed by atoms with Gasteiger partial charge in [-0.3, -0.25) is 0 Å². The average molecular weight is 730 g/mol. The Morgan fingerprint density at radius 1 is 0.390 bits per heavy atom. The molecule has 0 aromatic heterocycles. The summed E-state index contributed by atoms with van der Waals surface area (Å²) in [6.07, 6.45) is 42.8. The molecule has 0 saturated heterocycles. The zero-order valence-electron chi connectivity index (χ0n) is 28.2. The molecule has 0 N–H and O–H groups in total. The maximum absolute atomic E-state index is 10.5. The number of unbranched alkanes of at least 4 members (excludes halogenated alkanes) is 30. The van der Waals surface area contributed by atoms with Crippen LogP contribution in [0.5, 0.6) is 0 Å². The van der Waals surface area contributed by atoms with Crippen molar-refractivity contribution >= 4 is 7.60 Å². The number of rotatable bonds is 32. The van der Waals surface area contributed by atoms with Gasteiger partial charge in [-0.25, -0.2) is 0 Å². The summed E-state index contributed by atoms with van der Waals surface area (Å²) >= 11 is 0. The van der Waals surface area contributed by atoms with E-state index in [4.69, 9.17) is 0 Å². The van der Waals surface area contributed by atoms with Crippen molar-refractivity contribution in [1.29, 1.82) is 0 Å². The molecule has 0 bridgehead atoms. The third-order valence-electron chi connectivity index (χ3n) is 8.14. The summed E-state index contributed by atoms with van der Waals surface area (Å²) in [4.78, 5) is 20.9. The molecule has 0 amide bonds. The van der Waals surface area contributed by atoms with Crippen LogP contribution in [0.1, 0.15) is 219 Å². The maximum atomic E-state index is 10.5. The Kier molecular flexibility index (Phi) is 47.5. The van der Waals surface area contributed by atoms with Crippen LogP contribution in [-0.2, 0) is 4.57 Å². The predicted octanol–water partition coefficient (Wildman–Crippen LogP) is 12.2. The molecule has 0 rings (SSSR count). The first-order chi connectivity index (χ1) is 19.5. The van der Waals surface area contributed by atoms with Crippen LogP contribution in [0, 0.1) is 47.8 Å². The molecule has 0 aliphatic heterocycles. The average Bonchev–Trinajstić information content (AvgIpc) is 2.93. The minimum atomic E-state index is -4.25. The number of hydrogen-bond acceptors (Lipinski definition) is 3. The molecule has 5 heteroatoms. The fourth-order valence-corrected chi connectivity index (χ4v) is 6.01. The molecule has 0 atom stereocenters. The molecule has 1 radical (unpaired) electrons. The van der Waals surface area contributed by atoms with Crippen LogP contribution < -0.4 is 9.79 Å². The summed E-state index contributed by atoms with van der Waals surface area (Å²) in [5, 5.41) is 0. The summed E-state index contributed by atoms with van der Waals surface area (Å²) in [7, 11) is -4.25. The van der Waals surface area contributed by atoms with E-state index in [9.17, 15) is 14.4 Å². The van der Waals surface area contributed by atoms with Crippen molar-refractivity contribution in [3.63, 3.8) is 0 Å². The second kappa shape index (κ2) is 41.5. The van der Waals surface area contributed by atoms with E-state index in [1.165, 1.54) is 180 Å². The topological polar surface area (TPSA) is 63.2 Å². The zero-order valence-corrected chi connectivity index (χ0v) is 32.3. The van der Waals surface area contributed by atoms with Crippen LogP contribution in [-0.4, -0.2) is 6.16 Å². The number of hydrogen-bond donors (Lipinski definition) is 0. The minimum Gasteiger partial charge on any atom is -0.811 e. The zero-order chi connectivity index (χ0) is 29.8. The monoisotopic (exact) mass is 727 g/mol. The van der Waals surface area contributed by atoms with Gasteiger partial charge in [-0.05, 0) is 12.6 Å². The molecular weight excluding hydrogens is 656 g/mol.